The van der Waals surface area contributed by atoms with Gasteiger partial charge in [0.25, 0.3) is 0 Å². The zero-order chi connectivity index (χ0) is 12.6. The third-order valence-electron chi connectivity index (χ3n) is 2.56. The Morgan fingerprint density at radius 1 is 1.25 bits per heavy atom. The van der Waals surface area contributed by atoms with Crippen molar-refractivity contribution in [1.82, 2.24) is 5.32 Å². The molecule has 2 nitrogen and oxygen atoms in total. The predicted octanol–water partition coefficient (Wildman–Crippen LogP) is 2.87. The Bertz CT molecular complexity index is 234. The van der Waals surface area contributed by atoms with Gasteiger partial charge in [0.2, 0.25) is 0 Å². The van der Waals surface area contributed by atoms with E-state index < -0.39 is 10.8 Å². The van der Waals surface area contributed by atoms with E-state index >= 15 is 0 Å². The molecule has 3 unspecified atom stereocenters. The van der Waals surface area contributed by atoms with E-state index in [0.717, 1.165) is 18.6 Å². The van der Waals surface area contributed by atoms with Gasteiger partial charge in [0.1, 0.15) is 0 Å². The fourth-order valence-electron chi connectivity index (χ4n) is 1.62. The molecule has 0 fully saturated rings. The molecule has 3 heteroatoms. The van der Waals surface area contributed by atoms with Crippen molar-refractivity contribution in [2.75, 3.05) is 12.0 Å². The van der Waals surface area contributed by atoms with Crippen LogP contribution in [0.15, 0.2) is 11.6 Å². The SMILES string of the molecule is CC(C)=CCCC(C)NC(C)CCS(C)=O. The minimum absolute atomic E-state index is 0.464. The standard InChI is InChI=1S/C13H27NOS/c1-11(2)7-6-8-12(3)14-13(4)9-10-16(5)15/h7,12-14H,6,8-10H2,1-5H3. The van der Waals surface area contributed by atoms with Crippen LogP contribution >= 0.6 is 0 Å². The van der Waals surface area contributed by atoms with Crippen molar-refractivity contribution < 1.29 is 4.21 Å². The Labute approximate surface area is 103 Å². The smallest absolute Gasteiger partial charge is 0.0246 e. The average molecular weight is 245 g/mol. The van der Waals surface area contributed by atoms with E-state index in [2.05, 4.69) is 39.1 Å². The molecule has 1 N–H and O–H groups in total. The molecular weight excluding hydrogens is 218 g/mol. The average Bonchev–Trinajstić information content (AvgIpc) is 2.14. The van der Waals surface area contributed by atoms with Crippen LogP contribution in [0.4, 0.5) is 0 Å². The first-order valence-electron chi connectivity index (χ1n) is 6.11. The van der Waals surface area contributed by atoms with E-state index in [-0.39, 0.29) is 0 Å². The third-order valence-corrected chi connectivity index (χ3v) is 3.37. The Kier molecular flexibility index (Phi) is 8.86. The maximum atomic E-state index is 11.0. The van der Waals surface area contributed by atoms with Gasteiger partial charge in [-0.2, -0.15) is 0 Å². The van der Waals surface area contributed by atoms with E-state index in [1.54, 1.807) is 6.26 Å². The molecule has 96 valence electrons. The van der Waals surface area contributed by atoms with Gasteiger partial charge in [-0.05, 0) is 47.0 Å². The second-order valence-corrected chi connectivity index (χ2v) is 6.45. The van der Waals surface area contributed by atoms with Crippen molar-refractivity contribution in [2.45, 2.75) is 59.0 Å². The molecule has 0 spiro atoms. The van der Waals surface area contributed by atoms with Crippen LogP contribution in [0, 0.1) is 0 Å². The van der Waals surface area contributed by atoms with Crippen molar-refractivity contribution in [3.8, 4) is 0 Å². The fraction of sp³-hybridized carbons (Fsp3) is 0.846. The zero-order valence-corrected chi connectivity index (χ0v) is 12.2. The van der Waals surface area contributed by atoms with Crippen LogP contribution in [0.2, 0.25) is 0 Å². The Morgan fingerprint density at radius 2 is 1.81 bits per heavy atom. The number of nitrogens with one attached hydrogen (secondary N) is 1. The molecule has 3 atom stereocenters. The van der Waals surface area contributed by atoms with Crippen molar-refractivity contribution in [1.29, 1.82) is 0 Å². The summed E-state index contributed by atoms with van der Waals surface area (Å²) in [6, 6.07) is 1.00. The lowest BCUT2D eigenvalue weighted by molar-refractivity contribution is 0.441. The maximum Gasteiger partial charge on any atom is 0.0246 e. The Balaban J connectivity index is 3.65. The van der Waals surface area contributed by atoms with Gasteiger partial charge in [0.05, 0.1) is 0 Å². The third kappa shape index (κ3) is 10.4. The van der Waals surface area contributed by atoms with E-state index in [1.165, 1.54) is 12.0 Å². The molecule has 0 saturated heterocycles. The van der Waals surface area contributed by atoms with Crippen LogP contribution in [0.25, 0.3) is 0 Å². The van der Waals surface area contributed by atoms with Gasteiger partial charge in [-0.25, -0.2) is 0 Å². The summed E-state index contributed by atoms with van der Waals surface area (Å²) < 4.78 is 11.0. The summed E-state index contributed by atoms with van der Waals surface area (Å²) in [5.41, 5.74) is 1.39. The van der Waals surface area contributed by atoms with E-state index in [0.29, 0.717) is 12.1 Å². The van der Waals surface area contributed by atoms with Crippen LogP contribution in [-0.2, 0) is 10.8 Å². The first-order valence-corrected chi connectivity index (χ1v) is 7.84. The highest BCUT2D eigenvalue weighted by atomic mass is 32.2. The normalized spacial score (nSPS) is 16.6. The molecule has 0 amide bonds. The summed E-state index contributed by atoms with van der Waals surface area (Å²) in [7, 11) is -0.662. The predicted molar refractivity (Wildman–Crippen MR) is 74.3 cm³/mol. The number of hydrogen-bond acceptors (Lipinski definition) is 2. The van der Waals surface area contributed by atoms with Crippen LogP contribution in [-0.4, -0.2) is 28.3 Å². The largest absolute Gasteiger partial charge is 0.312 e. The van der Waals surface area contributed by atoms with Crippen molar-refractivity contribution >= 4 is 10.8 Å². The van der Waals surface area contributed by atoms with E-state index in [9.17, 15) is 4.21 Å². The summed E-state index contributed by atoms with van der Waals surface area (Å²) in [5, 5.41) is 3.55. The second-order valence-electron chi connectivity index (χ2n) is 4.89. The van der Waals surface area contributed by atoms with Gasteiger partial charge >= 0.3 is 0 Å². The first kappa shape index (κ1) is 15.9. The summed E-state index contributed by atoms with van der Waals surface area (Å²) in [5.74, 6) is 0.800. The quantitative estimate of drug-likeness (QED) is 0.666. The first-order chi connectivity index (χ1) is 7.41. The molecule has 0 aliphatic rings. The summed E-state index contributed by atoms with van der Waals surface area (Å²) in [6.45, 7) is 8.66. The topological polar surface area (TPSA) is 29.1 Å². The second kappa shape index (κ2) is 8.94. The molecule has 0 rings (SSSR count). The highest BCUT2D eigenvalue weighted by Gasteiger charge is 2.07. The molecule has 0 heterocycles. The Morgan fingerprint density at radius 3 is 2.31 bits per heavy atom. The van der Waals surface area contributed by atoms with Gasteiger partial charge in [-0.3, -0.25) is 4.21 Å². The lowest BCUT2D eigenvalue weighted by atomic mass is 10.1. The molecule has 0 aliphatic heterocycles. The molecule has 16 heavy (non-hydrogen) atoms. The van der Waals surface area contributed by atoms with Gasteiger partial charge in [-0.15, -0.1) is 0 Å². The maximum absolute atomic E-state index is 11.0. The number of hydrogen-bond donors (Lipinski definition) is 1. The summed E-state index contributed by atoms with van der Waals surface area (Å²) in [4.78, 5) is 0. The molecule has 0 radical (unpaired) electrons. The van der Waals surface area contributed by atoms with Crippen LogP contribution in [0.5, 0.6) is 0 Å². The minimum atomic E-state index is -0.662. The molecular formula is C13H27NOS. The molecule has 0 aromatic rings. The van der Waals surface area contributed by atoms with Gasteiger partial charge in [0, 0.05) is 34.9 Å². The number of allylic oxidation sites excluding steroid dienone is 2. The van der Waals surface area contributed by atoms with E-state index in [1.807, 2.05) is 0 Å². The van der Waals surface area contributed by atoms with Crippen LogP contribution in [0.3, 0.4) is 0 Å². The van der Waals surface area contributed by atoms with E-state index in [4.69, 9.17) is 0 Å². The lowest BCUT2D eigenvalue weighted by Gasteiger charge is -2.19. The monoisotopic (exact) mass is 245 g/mol. The minimum Gasteiger partial charge on any atom is -0.312 e. The lowest BCUT2D eigenvalue weighted by Crippen LogP contribution is -2.35. The van der Waals surface area contributed by atoms with Crippen LogP contribution < -0.4 is 5.32 Å². The molecule has 0 bridgehead atoms. The fourth-order valence-corrected chi connectivity index (χ4v) is 2.30. The zero-order valence-electron chi connectivity index (χ0n) is 11.4. The van der Waals surface area contributed by atoms with Crippen molar-refractivity contribution in [2.24, 2.45) is 0 Å². The summed E-state index contributed by atoms with van der Waals surface area (Å²) in [6.07, 6.45) is 7.36. The van der Waals surface area contributed by atoms with Gasteiger partial charge in [-0.1, -0.05) is 11.6 Å². The van der Waals surface area contributed by atoms with Crippen molar-refractivity contribution in [3.05, 3.63) is 11.6 Å². The number of rotatable bonds is 8. The van der Waals surface area contributed by atoms with Crippen molar-refractivity contribution in [3.63, 3.8) is 0 Å². The molecule has 0 saturated carbocycles. The molecule has 0 aromatic heterocycles. The summed E-state index contributed by atoms with van der Waals surface area (Å²) >= 11 is 0. The molecule has 0 aliphatic carbocycles. The molecule has 0 aromatic carbocycles. The highest BCUT2D eigenvalue weighted by molar-refractivity contribution is 7.84. The Hall–Kier alpha value is -0.150. The van der Waals surface area contributed by atoms with Gasteiger partial charge in [0.15, 0.2) is 0 Å². The van der Waals surface area contributed by atoms with Crippen LogP contribution in [0.1, 0.15) is 47.0 Å². The highest BCUT2D eigenvalue weighted by Crippen LogP contribution is 2.03. The van der Waals surface area contributed by atoms with Gasteiger partial charge < -0.3 is 5.32 Å².